The van der Waals surface area contributed by atoms with Crippen molar-refractivity contribution in [2.75, 3.05) is 0 Å². The van der Waals surface area contributed by atoms with Crippen molar-refractivity contribution >= 4 is 37.8 Å². The molecule has 0 spiro atoms. The van der Waals surface area contributed by atoms with Crippen LogP contribution < -0.4 is 5.32 Å². The van der Waals surface area contributed by atoms with Crippen LogP contribution in [-0.2, 0) is 6.42 Å². The lowest BCUT2D eigenvalue weighted by atomic mass is 10.1. The van der Waals surface area contributed by atoms with Crippen LogP contribution in [0.25, 0.3) is 0 Å². The minimum absolute atomic E-state index is 0.0397. The molecular weight excluding hydrogens is 382 g/mol. The van der Waals surface area contributed by atoms with Crippen molar-refractivity contribution in [1.29, 1.82) is 0 Å². The van der Waals surface area contributed by atoms with Crippen molar-refractivity contribution in [2.45, 2.75) is 19.4 Å². The monoisotopic (exact) mass is 395 g/mol. The molecule has 0 heterocycles. The van der Waals surface area contributed by atoms with Gasteiger partial charge in [0.2, 0.25) is 0 Å². The highest BCUT2D eigenvalue weighted by Crippen LogP contribution is 2.13. The average molecular weight is 397 g/mol. The molecule has 2 aromatic carbocycles. The summed E-state index contributed by atoms with van der Waals surface area (Å²) in [5, 5.41) is 3.01. The fraction of sp³-hybridized carbons (Fsp3) is 0.188. The molecule has 0 saturated carbocycles. The van der Waals surface area contributed by atoms with E-state index in [1.54, 1.807) is 0 Å². The van der Waals surface area contributed by atoms with Gasteiger partial charge in [-0.2, -0.15) is 0 Å². The van der Waals surface area contributed by atoms with Gasteiger partial charge in [0.25, 0.3) is 5.91 Å². The Morgan fingerprint density at radius 2 is 1.50 bits per heavy atom. The second kappa shape index (κ2) is 7.04. The van der Waals surface area contributed by atoms with Gasteiger partial charge in [-0.05, 0) is 55.3 Å². The number of nitrogens with one attached hydrogen (secondary N) is 1. The molecule has 0 aliphatic rings. The van der Waals surface area contributed by atoms with Gasteiger partial charge in [0, 0.05) is 20.6 Å². The Balaban J connectivity index is 1.93. The fourth-order valence-corrected chi connectivity index (χ4v) is 2.46. The first-order valence-corrected chi connectivity index (χ1v) is 7.94. The zero-order chi connectivity index (χ0) is 14.5. The van der Waals surface area contributed by atoms with Crippen LogP contribution in [0.5, 0.6) is 0 Å². The summed E-state index contributed by atoms with van der Waals surface area (Å²) < 4.78 is 2.03. The third-order valence-corrected chi connectivity index (χ3v) is 4.00. The van der Waals surface area contributed by atoms with E-state index in [1.165, 1.54) is 5.56 Å². The Hall–Kier alpha value is -1.13. The largest absolute Gasteiger partial charge is 0.349 e. The minimum atomic E-state index is -0.0397. The summed E-state index contributed by atoms with van der Waals surface area (Å²) in [6, 6.07) is 15.6. The van der Waals surface area contributed by atoms with E-state index >= 15 is 0 Å². The molecule has 2 rings (SSSR count). The SMILES string of the molecule is CC(Cc1ccc(Br)cc1)NC(=O)c1ccc(Br)cc1. The second-order valence-corrected chi connectivity index (χ2v) is 6.54. The maximum Gasteiger partial charge on any atom is 0.251 e. The number of halogens is 2. The van der Waals surface area contributed by atoms with E-state index in [-0.39, 0.29) is 11.9 Å². The summed E-state index contributed by atoms with van der Waals surface area (Å²) in [7, 11) is 0. The number of carbonyl (C=O) groups is 1. The smallest absolute Gasteiger partial charge is 0.251 e. The number of hydrogen-bond donors (Lipinski definition) is 1. The molecule has 20 heavy (non-hydrogen) atoms. The van der Waals surface area contributed by atoms with Gasteiger partial charge in [0.15, 0.2) is 0 Å². The Morgan fingerprint density at radius 3 is 2.05 bits per heavy atom. The topological polar surface area (TPSA) is 29.1 Å². The van der Waals surface area contributed by atoms with E-state index in [0.717, 1.165) is 15.4 Å². The molecule has 2 aromatic rings. The molecule has 104 valence electrons. The lowest BCUT2D eigenvalue weighted by Crippen LogP contribution is -2.34. The first-order valence-electron chi connectivity index (χ1n) is 6.35. The molecule has 2 nitrogen and oxygen atoms in total. The predicted octanol–water partition coefficient (Wildman–Crippen LogP) is 4.57. The number of rotatable bonds is 4. The molecule has 0 aliphatic carbocycles. The van der Waals surface area contributed by atoms with E-state index in [9.17, 15) is 4.79 Å². The van der Waals surface area contributed by atoms with Crippen LogP contribution in [0.1, 0.15) is 22.8 Å². The van der Waals surface area contributed by atoms with Gasteiger partial charge < -0.3 is 5.32 Å². The summed E-state index contributed by atoms with van der Waals surface area (Å²) in [6.45, 7) is 2.01. The molecule has 0 fully saturated rings. The van der Waals surface area contributed by atoms with Gasteiger partial charge in [-0.3, -0.25) is 4.79 Å². The van der Waals surface area contributed by atoms with Crippen LogP contribution >= 0.6 is 31.9 Å². The summed E-state index contributed by atoms with van der Waals surface area (Å²) in [6.07, 6.45) is 0.815. The van der Waals surface area contributed by atoms with Crippen LogP contribution in [-0.4, -0.2) is 11.9 Å². The summed E-state index contributed by atoms with van der Waals surface area (Å²) >= 11 is 6.77. The Kier molecular flexibility index (Phi) is 5.38. The highest BCUT2D eigenvalue weighted by atomic mass is 79.9. The third-order valence-electron chi connectivity index (χ3n) is 2.94. The first-order chi connectivity index (χ1) is 9.54. The van der Waals surface area contributed by atoms with Crippen LogP contribution in [0.3, 0.4) is 0 Å². The minimum Gasteiger partial charge on any atom is -0.349 e. The lowest BCUT2D eigenvalue weighted by Gasteiger charge is -2.14. The normalized spacial score (nSPS) is 11.9. The summed E-state index contributed by atoms with van der Waals surface area (Å²) in [4.78, 5) is 12.1. The third kappa shape index (κ3) is 4.46. The highest BCUT2D eigenvalue weighted by Gasteiger charge is 2.10. The lowest BCUT2D eigenvalue weighted by molar-refractivity contribution is 0.0940. The van der Waals surface area contributed by atoms with Crippen molar-refractivity contribution in [1.82, 2.24) is 5.32 Å². The fourth-order valence-electron chi connectivity index (χ4n) is 1.93. The number of benzene rings is 2. The van der Waals surface area contributed by atoms with Gasteiger partial charge in [-0.25, -0.2) is 0 Å². The Morgan fingerprint density at radius 1 is 1.00 bits per heavy atom. The van der Waals surface area contributed by atoms with Gasteiger partial charge in [0.1, 0.15) is 0 Å². The molecule has 0 bridgehead atoms. The van der Waals surface area contributed by atoms with Gasteiger partial charge in [-0.15, -0.1) is 0 Å². The standard InChI is InChI=1S/C16H15Br2NO/c1-11(10-12-2-6-14(17)7-3-12)19-16(20)13-4-8-15(18)9-5-13/h2-9,11H,10H2,1H3,(H,19,20). The zero-order valence-electron chi connectivity index (χ0n) is 11.1. The van der Waals surface area contributed by atoms with Crippen molar-refractivity contribution in [2.24, 2.45) is 0 Å². The van der Waals surface area contributed by atoms with E-state index in [1.807, 2.05) is 43.3 Å². The predicted molar refractivity (Wildman–Crippen MR) is 88.9 cm³/mol. The number of hydrogen-bond acceptors (Lipinski definition) is 1. The maximum absolute atomic E-state index is 12.1. The second-order valence-electron chi connectivity index (χ2n) is 4.71. The van der Waals surface area contributed by atoms with Crippen LogP contribution in [0.2, 0.25) is 0 Å². The molecule has 1 N–H and O–H groups in total. The van der Waals surface area contributed by atoms with Crippen molar-refractivity contribution in [3.8, 4) is 0 Å². The van der Waals surface area contributed by atoms with Crippen LogP contribution in [0, 0.1) is 0 Å². The average Bonchev–Trinajstić information content (AvgIpc) is 2.42. The number of amides is 1. The van der Waals surface area contributed by atoms with E-state index in [0.29, 0.717) is 5.56 Å². The number of carbonyl (C=O) groups excluding carboxylic acids is 1. The van der Waals surface area contributed by atoms with E-state index in [2.05, 4.69) is 49.3 Å². The molecule has 0 saturated heterocycles. The molecule has 1 amide bonds. The molecule has 4 heteroatoms. The van der Waals surface area contributed by atoms with Crippen LogP contribution in [0.4, 0.5) is 0 Å². The summed E-state index contributed by atoms with van der Waals surface area (Å²) in [5.41, 5.74) is 1.88. The molecule has 0 aliphatic heterocycles. The first kappa shape index (κ1) is 15.3. The molecular formula is C16H15Br2NO. The molecule has 1 unspecified atom stereocenters. The van der Waals surface area contributed by atoms with Crippen LogP contribution in [0.15, 0.2) is 57.5 Å². The summed E-state index contributed by atoms with van der Waals surface area (Å²) in [5.74, 6) is -0.0397. The van der Waals surface area contributed by atoms with Crippen molar-refractivity contribution in [3.05, 3.63) is 68.6 Å². The maximum atomic E-state index is 12.1. The van der Waals surface area contributed by atoms with Gasteiger partial charge in [-0.1, -0.05) is 44.0 Å². The Bertz CT molecular complexity index is 578. The zero-order valence-corrected chi connectivity index (χ0v) is 14.2. The van der Waals surface area contributed by atoms with Gasteiger partial charge >= 0.3 is 0 Å². The molecule has 0 aromatic heterocycles. The van der Waals surface area contributed by atoms with E-state index in [4.69, 9.17) is 0 Å². The van der Waals surface area contributed by atoms with Gasteiger partial charge in [0.05, 0.1) is 0 Å². The highest BCUT2D eigenvalue weighted by molar-refractivity contribution is 9.10. The quantitative estimate of drug-likeness (QED) is 0.805. The Labute approximate surface area is 135 Å². The van der Waals surface area contributed by atoms with E-state index < -0.39 is 0 Å². The van der Waals surface area contributed by atoms with Crippen molar-refractivity contribution in [3.63, 3.8) is 0 Å². The molecule has 1 atom stereocenters. The molecule has 0 radical (unpaired) electrons. The van der Waals surface area contributed by atoms with Crippen molar-refractivity contribution < 1.29 is 4.79 Å².